The number of nitrogens with one attached hydrogen (secondary N) is 2. The first-order chi connectivity index (χ1) is 11.2. The molecule has 1 aromatic carbocycles. The lowest BCUT2D eigenvalue weighted by Gasteiger charge is -2.31. The van der Waals surface area contributed by atoms with Crippen molar-refractivity contribution in [2.45, 2.75) is 19.8 Å². The van der Waals surface area contributed by atoms with E-state index in [2.05, 4.69) is 10.6 Å². The first-order valence-corrected chi connectivity index (χ1v) is 8.54. The summed E-state index contributed by atoms with van der Waals surface area (Å²) in [6, 6.07) is 7.65. The van der Waals surface area contributed by atoms with Gasteiger partial charge in [-0.15, -0.1) is 0 Å². The fourth-order valence-electron chi connectivity index (χ4n) is 2.90. The zero-order valence-corrected chi connectivity index (χ0v) is 13.7. The minimum atomic E-state index is 0.0423. The van der Waals surface area contributed by atoms with Crippen molar-refractivity contribution >= 4 is 11.6 Å². The number of hydrogen-bond acceptors (Lipinski definition) is 4. The molecule has 2 N–H and O–H groups in total. The van der Waals surface area contributed by atoms with Crippen LogP contribution in [0.1, 0.15) is 19.8 Å². The molecule has 1 amide bonds. The average molecular weight is 318 g/mol. The van der Waals surface area contributed by atoms with Crippen LogP contribution in [0, 0.1) is 17.8 Å². The SMILES string of the molecule is CC(C(=O)Nc1ccc(OCC2CCOCC2)cc1)C1CNC1. The summed E-state index contributed by atoms with van der Waals surface area (Å²) in [4.78, 5) is 12.2. The highest BCUT2D eigenvalue weighted by Gasteiger charge is 2.28. The molecule has 1 unspecified atom stereocenters. The van der Waals surface area contributed by atoms with Gasteiger partial charge in [0.1, 0.15) is 5.75 Å². The Morgan fingerprint density at radius 2 is 2.00 bits per heavy atom. The maximum atomic E-state index is 12.2. The highest BCUT2D eigenvalue weighted by molar-refractivity contribution is 5.92. The zero-order chi connectivity index (χ0) is 16.1. The number of carbonyl (C=O) groups is 1. The topological polar surface area (TPSA) is 59.6 Å². The van der Waals surface area contributed by atoms with E-state index in [4.69, 9.17) is 9.47 Å². The summed E-state index contributed by atoms with van der Waals surface area (Å²) in [5.41, 5.74) is 0.826. The Labute approximate surface area is 137 Å². The first kappa shape index (κ1) is 16.3. The lowest BCUT2D eigenvalue weighted by molar-refractivity contribution is -0.121. The standard InChI is InChI=1S/C18H26N2O3/c1-13(15-10-19-11-15)18(21)20-16-2-4-17(5-3-16)23-12-14-6-8-22-9-7-14/h2-5,13-15,19H,6-12H2,1H3,(H,20,21). The van der Waals surface area contributed by atoms with Gasteiger partial charge in [0.25, 0.3) is 0 Å². The molecule has 0 radical (unpaired) electrons. The van der Waals surface area contributed by atoms with Gasteiger partial charge in [-0.2, -0.15) is 0 Å². The van der Waals surface area contributed by atoms with E-state index in [0.29, 0.717) is 11.8 Å². The third-order valence-electron chi connectivity index (χ3n) is 4.88. The molecule has 0 bridgehead atoms. The number of anilines is 1. The average Bonchev–Trinajstić information content (AvgIpc) is 2.53. The maximum Gasteiger partial charge on any atom is 0.227 e. The molecule has 2 aliphatic heterocycles. The summed E-state index contributed by atoms with van der Waals surface area (Å²) >= 11 is 0. The van der Waals surface area contributed by atoms with E-state index >= 15 is 0 Å². The van der Waals surface area contributed by atoms with Gasteiger partial charge < -0.3 is 20.1 Å². The summed E-state index contributed by atoms with van der Waals surface area (Å²) in [5.74, 6) is 2.02. The number of carbonyl (C=O) groups excluding carboxylic acids is 1. The third kappa shape index (κ3) is 4.45. The lowest BCUT2D eigenvalue weighted by Crippen LogP contribution is -2.48. The second kappa shape index (κ2) is 7.79. The molecule has 23 heavy (non-hydrogen) atoms. The Morgan fingerprint density at radius 3 is 2.61 bits per heavy atom. The first-order valence-electron chi connectivity index (χ1n) is 8.54. The molecule has 2 saturated heterocycles. The Bertz CT molecular complexity index is 508. The summed E-state index contributed by atoms with van der Waals surface area (Å²) in [6.45, 7) is 6.29. The molecule has 0 aliphatic carbocycles. The van der Waals surface area contributed by atoms with Crippen molar-refractivity contribution in [2.24, 2.45) is 17.8 Å². The van der Waals surface area contributed by atoms with Crippen LogP contribution in [0.5, 0.6) is 5.75 Å². The zero-order valence-electron chi connectivity index (χ0n) is 13.7. The molecular formula is C18H26N2O3. The van der Waals surface area contributed by atoms with Crippen molar-refractivity contribution < 1.29 is 14.3 Å². The minimum absolute atomic E-state index is 0.0423. The van der Waals surface area contributed by atoms with E-state index in [1.165, 1.54) is 0 Å². The number of benzene rings is 1. The fourth-order valence-corrected chi connectivity index (χ4v) is 2.90. The normalized spacial score (nSPS) is 20.6. The Kier molecular flexibility index (Phi) is 5.51. The molecule has 0 aromatic heterocycles. The van der Waals surface area contributed by atoms with Gasteiger partial charge in [0.05, 0.1) is 6.61 Å². The molecule has 5 heteroatoms. The Balaban J connectivity index is 1.45. The Morgan fingerprint density at radius 1 is 1.30 bits per heavy atom. The highest BCUT2D eigenvalue weighted by atomic mass is 16.5. The van der Waals surface area contributed by atoms with Gasteiger partial charge in [-0.05, 0) is 62.0 Å². The number of hydrogen-bond donors (Lipinski definition) is 2. The molecule has 2 heterocycles. The van der Waals surface area contributed by atoms with Gasteiger partial charge in [-0.25, -0.2) is 0 Å². The number of rotatable bonds is 6. The smallest absolute Gasteiger partial charge is 0.227 e. The molecule has 2 fully saturated rings. The van der Waals surface area contributed by atoms with Gasteiger partial charge in [-0.1, -0.05) is 6.92 Å². The van der Waals surface area contributed by atoms with E-state index in [1.807, 2.05) is 31.2 Å². The van der Waals surface area contributed by atoms with Crippen LogP contribution >= 0.6 is 0 Å². The number of ether oxygens (including phenoxy) is 2. The van der Waals surface area contributed by atoms with E-state index in [-0.39, 0.29) is 11.8 Å². The largest absolute Gasteiger partial charge is 0.493 e. The summed E-state index contributed by atoms with van der Waals surface area (Å²) < 4.78 is 11.2. The van der Waals surface area contributed by atoms with Gasteiger partial charge in [-0.3, -0.25) is 4.79 Å². The van der Waals surface area contributed by atoms with Crippen molar-refractivity contribution in [2.75, 3.05) is 38.2 Å². The van der Waals surface area contributed by atoms with Crippen molar-refractivity contribution in [3.63, 3.8) is 0 Å². The van der Waals surface area contributed by atoms with Crippen LogP contribution in [0.25, 0.3) is 0 Å². The molecule has 2 aliphatic rings. The summed E-state index contributed by atoms with van der Waals surface area (Å²) in [5, 5.41) is 6.19. The molecule has 5 nitrogen and oxygen atoms in total. The van der Waals surface area contributed by atoms with Gasteiger partial charge in [0.15, 0.2) is 0 Å². The predicted molar refractivity (Wildman–Crippen MR) is 89.6 cm³/mol. The monoisotopic (exact) mass is 318 g/mol. The van der Waals surface area contributed by atoms with Crippen molar-refractivity contribution in [3.8, 4) is 5.75 Å². The van der Waals surface area contributed by atoms with E-state index in [1.54, 1.807) is 0 Å². The summed E-state index contributed by atoms with van der Waals surface area (Å²) in [6.07, 6.45) is 2.14. The van der Waals surface area contributed by atoms with Crippen LogP contribution in [0.4, 0.5) is 5.69 Å². The molecule has 1 atom stereocenters. The molecule has 1 aromatic rings. The summed E-state index contributed by atoms with van der Waals surface area (Å²) in [7, 11) is 0. The van der Waals surface area contributed by atoms with Crippen molar-refractivity contribution in [1.29, 1.82) is 0 Å². The van der Waals surface area contributed by atoms with Crippen LogP contribution in [0.2, 0.25) is 0 Å². The van der Waals surface area contributed by atoms with E-state index < -0.39 is 0 Å². The lowest BCUT2D eigenvalue weighted by atomic mass is 9.88. The fraction of sp³-hybridized carbons (Fsp3) is 0.611. The molecular weight excluding hydrogens is 292 g/mol. The van der Waals surface area contributed by atoms with Gasteiger partial charge >= 0.3 is 0 Å². The maximum absolute atomic E-state index is 12.2. The van der Waals surface area contributed by atoms with Crippen molar-refractivity contribution in [3.05, 3.63) is 24.3 Å². The van der Waals surface area contributed by atoms with Crippen LogP contribution in [-0.2, 0) is 9.53 Å². The number of amides is 1. The highest BCUT2D eigenvalue weighted by Crippen LogP contribution is 2.21. The predicted octanol–water partition coefficient (Wildman–Crippen LogP) is 2.29. The Hall–Kier alpha value is -1.59. The molecule has 3 rings (SSSR count). The third-order valence-corrected chi connectivity index (χ3v) is 4.88. The second-order valence-corrected chi connectivity index (χ2v) is 6.59. The van der Waals surface area contributed by atoms with Crippen LogP contribution < -0.4 is 15.4 Å². The molecule has 0 saturated carbocycles. The van der Waals surface area contributed by atoms with Crippen LogP contribution in [-0.4, -0.2) is 38.8 Å². The van der Waals surface area contributed by atoms with E-state index in [9.17, 15) is 4.79 Å². The van der Waals surface area contributed by atoms with Gasteiger partial charge in [0, 0.05) is 24.8 Å². The van der Waals surface area contributed by atoms with E-state index in [0.717, 1.165) is 57.2 Å². The molecule has 126 valence electrons. The second-order valence-electron chi connectivity index (χ2n) is 6.59. The quantitative estimate of drug-likeness (QED) is 0.845. The van der Waals surface area contributed by atoms with Crippen LogP contribution in [0.3, 0.4) is 0 Å². The van der Waals surface area contributed by atoms with Crippen LogP contribution in [0.15, 0.2) is 24.3 Å². The molecule has 0 spiro atoms. The minimum Gasteiger partial charge on any atom is -0.493 e. The van der Waals surface area contributed by atoms with Gasteiger partial charge in [0.2, 0.25) is 5.91 Å². The van der Waals surface area contributed by atoms with Crippen molar-refractivity contribution in [1.82, 2.24) is 5.32 Å².